The molecule has 0 fully saturated rings. The van der Waals surface area contributed by atoms with Gasteiger partial charge in [-0.25, -0.2) is 4.39 Å². The van der Waals surface area contributed by atoms with E-state index in [2.05, 4.69) is 35.6 Å². The van der Waals surface area contributed by atoms with Gasteiger partial charge in [-0.3, -0.25) is 4.79 Å². The Balaban J connectivity index is 1.35. The number of hydrogen-bond donors (Lipinski definition) is 2. The summed E-state index contributed by atoms with van der Waals surface area (Å²) in [5.74, 6) is 0.711. The molecule has 0 saturated heterocycles. The molecule has 0 saturated carbocycles. The quantitative estimate of drug-likeness (QED) is 0.372. The van der Waals surface area contributed by atoms with Gasteiger partial charge in [0.05, 0.1) is 18.5 Å². The van der Waals surface area contributed by atoms with Crippen molar-refractivity contribution in [3.8, 4) is 5.75 Å². The molecular formula is C27H27FN2O2. The summed E-state index contributed by atoms with van der Waals surface area (Å²) in [6.07, 6.45) is 7.64. The van der Waals surface area contributed by atoms with E-state index in [0.29, 0.717) is 11.6 Å². The summed E-state index contributed by atoms with van der Waals surface area (Å²) in [6, 6.07) is 18.6. The van der Waals surface area contributed by atoms with Crippen LogP contribution in [0.4, 0.5) is 15.8 Å². The molecule has 4 rings (SSSR count). The van der Waals surface area contributed by atoms with Gasteiger partial charge in [0.15, 0.2) is 0 Å². The zero-order valence-electron chi connectivity index (χ0n) is 18.1. The smallest absolute Gasteiger partial charge is 0.248 e. The van der Waals surface area contributed by atoms with Crippen molar-refractivity contribution in [2.45, 2.75) is 31.6 Å². The molecule has 32 heavy (non-hydrogen) atoms. The molecule has 0 aromatic heterocycles. The Hall–Kier alpha value is -3.60. The maximum Gasteiger partial charge on any atom is 0.248 e. The number of amides is 1. The first-order chi connectivity index (χ1) is 15.5. The van der Waals surface area contributed by atoms with Crippen LogP contribution in [0.1, 0.15) is 41.0 Å². The van der Waals surface area contributed by atoms with Gasteiger partial charge >= 0.3 is 0 Å². The molecule has 4 nitrogen and oxygen atoms in total. The average molecular weight is 431 g/mol. The first-order valence-corrected chi connectivity index (χ1v) is 10.8. The van der Waals surface area contributed by atoms with E-state index in [4.69, 9.17) is 10.5 Å². The molecule has 0 heterocycles. The van der Waals surface area contributed by atoms with Gasteiger partial charge < -0.3 is 15.8 Å². The van der Waals surface area contributed by atoms with Crippen LogP contribution in [0.25, 0.3) is 6.08 Å². The van der Waals surface area contributed by atoms with Gasteiger partial charge in [0.1, 0.15) is 11.6 Å². The molecule has 0 spiro atoms. The van der Waals surface area contributed by atoms with Crippen LogP contribution in [0.5, 0.6) is 5.75 Å². The lowest BCUT2D eigenvalue weighted by Crippen LogP contribution is -2.09. The van der Waals surface area contributed by atoms with E-state index in [1.54, 1.807) is 13.2 Å². The first-order valence-electron chi connectivity index (χ1n) is 10.8. The fourth-order valence-corrected chi connectivity index (χ4v) is 4.26. The number of methoxy groups -OCH3 is 1. The van der Waals surface area contributed by atoms with Gasteiger partial charge in [-0.1, -0.05) is 30.3 Å². The Morgan fingerprint density at radius 1 is 1.16 bits per heavy atom. The number of carbonyl (C=O) groups excluding carboxylic acids is 1. The molecule has 164 valence electrons. The third kappa shape index (κ3) is 5.17. The minimum absolute atomic E-state index is 0.199. The number of aryl methyl sites for hydroxylation is 2. The predicted molar refractivity (Wildman–Crippen MR) is 127 cm³/mol. The standard InChI is InChI=1S/C27H27FN2O2/c1-32-23-11-3-18(4-12-23)2-7-20-8-9-21-16-19(5-13-24(20)21)6-15-27(31)30-26-14-10-22(28)17-25(26)29/h3-6,10-17,20H,2,7-9,29H2,1H3,(H,30,31)/b15-6+. The molecule has 3 aromatic rings. The van der Waals surface area contributed by atoms with Gasteiger partial charge in [0, 0.05) is 6.08 Å². The van der Waals surface area contributed by atoms with Crippen LogP contribution >= 0.6 is 0 Å². The average Bonchev–Trinajstić information content (AvgIpc) is 3.21. The van der Waals surface area contributed by atoms with Crippen molar-refractivity contribution in [3.05, 3.63) is 94.8 Å². The largest absolute Gasteiger partial charge is 0.497 e. The number of carbonyl (C=O) groups is 1. The number of fused-ring (bicyclic) bond motifs is 1. The van der Waals surface area contributed by atoms with Crippen molar-refractivity contribution in [2.24, 2.45) is 0 Å². The van der Waals surface area contributed by atoms with Crippen molar-refractivity contribution in [2.75, 3.05) is 18.2 Å². The summed E-state index contributed by atoms with van der Waals surface area (Å²) < 4.78 is 18.4. The number of hydrogen-bond acceptors (Lipinski definition) is 3. The molecule has 1 atom stereocenters. The highest BCUT2D eigenvalue weighted by Gasteiger charge is 2.22. The van der Waals surface area contributed by atoms with Crippen molar-refractivity contribution >= 4 is 23.4 Å². The number of halogens is 1. The summed E-state index contributed by atoms with van der Waals surface area (Å²) in [4.78, 5) is 12.2. The Kier molecular flexibility index (Phi) is 6.55. The third-order valence-corrected chi connectivity index (χ3v) is 6.01. The summed E-state index contributed by atoms with van der Waals surface area (Å²) in [7, 11) is 1.68. The number of nitrogens with one attached hydrogen (secondary N) is 1. The molecule has 0 aliphatic heterocycles. The van der Waals surface area contributed by atoms with E-state index in [1.807, 2.05) is 12.1 Å². The second-order valence-corrected chi connectivity index (χ2v) is 8.13. The molecule has 1 unspecified atom stereocenters. The summed E-state index contributed by atoms with van der Waals surface area (Å²) in [5, 5.41) is 2.68. The topological polar surface area (TPSA) is 64.3 Å². The second-order valence-electron chi connectivity index (χ2n) is 8.13. The maximum atomic E-state index is 13.1. The van der Waals surface area contributed by atoms with E-state index in [0.717, 1.165) is 37.0 Å². The minimum Gasteiger partial charge on any atom is -0.497 e. The van der Waals surface area contributed by atoms with Gasteiger partial charge in [-0.05, 0) is 90.3 Å². The lowest BCUT2D eigenvalue weighted by Gasteiger charge is -2.12. The molecule has 3 N–H and O–H groups in total. The van der Waals surface area contributed by atoms with Crippen LogP contribution < -0.4 is 15.8 Å². The molecule has 5 heteroatoms. The Morgan fingerprint density at radius 2 is 1.97 bits per heavy atom. The Bertz CT molecular complexity index is 1140. The highest BCUT2D eigenvalue weighted by molar-refractivity contribution is 6.03. The van der Waals surface area contributed by atoms with Crippen LogP contribution in [0.15, 0.2) is 66.7 Å². The molecule has 3 aromatic carbocycles. The van der Waals surface area contributed by atoms with Crippen molar-refractivity contribution in [1.29, 1.82) is 0 Å². The normalized spacial score (nSPS) is 15.0. The van der Waals surface area contributed by atoms with Gasteiger partial charge in [-0.15, -0.1) is 0 Å². The van der Waals surface area contributed by atoms with Crippen molar-refractivity contribution < 1.29 is 13.9 Å². The van der Waals surface area contributed by atoms with E-state index in [1.165, 1.54) is 41.0 Å². The van der Waals surface area contributed by atoms with Gasteiger partial charge in [-0.2, -0.15) is 0 Å². The highest BCUT2D eigenvalue weighted by Crippen LogP contribution is 2.37. The number of nitrogen functional groups attached to an aromatic ring is 1. The number of anilines is 2. The maximum absolute atomic E-state index is 13.1. The van der Waals surface area contributed by atoms with Crippen LogP contribution in [0, 0.1) is 5.82 Å². The first kappa shape index (κ1) is 21.6. The highest BCUT2D eigenvalue weighted by atomic mass is 19.1. The van der Waals surface area contributed by atoms with Crippen molar-refractivity contribution in [1.82, 2.24) is 0 Å². The van der Waals surface area contributed by atoms with Crippen molar-refractivity contribution in [3.63, 3.8) is 0 Å². The second kappa shape index (κ2) is 9.69. The number of benzene rings is 3. The fraction of sp³-hybridized carbons (Fsp3) is 0.222. The molecule has 1 amide bonds. The lowest BCUT2D eigenvalue weighted by molar-refractivity contribution is -0.111. The molecule has 1 aliphatic rings. The molecule has 0 radical (unpaired) electrons. The van der Waals surface area contributed by atoms with Crippen LogP contribution in [0.3, 0.4) is 0 Å². The van der Waals surface area contributed by atoms with Crippen LogP contribution in [-0.4, -0.2) is 13.0 Å². The van der Waals surface area contributed by atoms with Gasteiger partial charge in [0.2, 0.25) is 5.91 Å². The van der Waals surface area contributed by atoms with E-state index < -0.39 is 5.82 Å². The van der Waals surface area contributed by atoms with E-state index >= 15 is 0 Å². The zero-order valence-corrected chi connectivity index (χ0v) is 18.1. The number of rotatable bonds is 7. The SMILES string of the molecule is COc1ccc(CCC2CCc3cc(/C=C/C(=O)Nc4ccc(F)cc4N)ccc32)cc1. The zero-order chi connectivity index (χ0) is 22.5. The molecule has 1 aliphatic carbocycles. The summed E-state index contributed by atoms with van der Waals surface area (Å²) in [6.45, 7) is 0. The van der Waals surface area contributed by atoms with E-state index in [9.17, 15) is 9.18 Å². The van der Waals surface area contributed by atoms with Gasteiger partial charge in [0.25, 0.3) is 0 Å². The predicted octanol–water partition coefficient (Wildman–Crippen LogP) is 5.73. The van der Waals surface area contributed by atoms with Crippen LogP contribution in [-0.2, 0) is 17.6 Å². The Labute approximate surface area is 187 Å². The molecular weight excluding hydrogens is 403 g/mol. The Morgan fingerprint density at radius 3 is 2.72 bits per heavy atom. The fourth-order valence-electron chi connectivity index (χ4n) is 4.26. The summed E-state index contributed by atoms with van der Waals surface area (Å²) >= 11 is 0. The summed E-state index contributed by atoms with van der Waals surface area (Å²) in [5.41, 5.74) is 11.4. The lowest BCUT2D eigenvalue weighted by atomic mass is 9.93. The van der Waals surface area contributed by atoms with E-state index in [-0.39, 0.29) is 11.6 Å². The third-order valence-electron chi connectivity index (χ3n) is 6.01. The number of nitrogens with two attached hydrogens (primary N) is 1. The van der Waals surface area contributed by atoms with Crippen LogP contribution in [0.2, 0.25) is 0 Å². The number of ether oxygens (including phenoxy) is 1. The monoisotopic (exact) mass is 430 g/mol. The molecule has 0 bridgehead atoms. The minimum atomic E-state index is -0.434.